The van der Waals surface area contributed by atoms with Crippen molar-refractivity contribution in [3.8, 4) is 0 Å². The predicted octanol–water partition coefficient (Wildman–Crippen LogP) is 2.98. The maximum atomic E-state index is 14.5. The summed E-state index contributed by atoms with van der Waals surface area (Å²) in [5, 5.41) is 0.920. The van der Waals surface area contributed by atoms with Crippen molar-refractivity contribution in [2.45, 2.75) is 45.8 Å². The highest BCUT2D eigenvalue weighted by Crippen LogP contribution is 2.37. The summed E-state index contributed by atoms with van der Waals surface area (Å²) < 4.78 is 26.5. The van der Waals surface area contributed by atoms with E-state index >= 15 is 0 Å². The van der Waals surface area contributed by atoms with Gasteiger partial charge in [-0.1, -0.05) is 6.07 Å². The zero-order chi connectivity index (χ0) is 15.4. The quantitative estimate of drug-likeness (QED) is 0.756. The smallest absolute Gasteiger partial charge is 0.399 e. The van der Waals surface area contributed by atoms with Crippen molar-refractivity contribution < 1.29 is 13.7 Å². The van der Waals surface area contributed by atoms with Crippen molar-refractivity contribution in [2.75, 3.05) is 0 Å². The molecule has 2 heterocycles. The maximum absolute atomic E-state index is 14.5. The normalized spacial score (nSPS) is 20.2. The number of pyridine rings is 1. The minimum atomic E-state index is -0.743. The second-order valence-electron chi connectivity index (χ2n) is 6.58. The average Bonchev–Trinajstić information content (AvgIpc) is 2.58. The minimum Gasteiger partial charge on any atom is -0.399 e. The van der Waals surface area contributed by atoms with Crippen LogP contribution in [0.15, 0.2) is 24.4 Å². The molecular weight excluding hydrogens is 268 g/mol. The summed E-state index contributed by atoms with van der Waals surface area (Å²) in [7, 11) is -0.743. The molecule has 0 amide bonds. The van der Waals surface area contributed by atoms with Crippen molar-refractivity contribution in [3.63, 3.8) is 0 Å². The number of rotatable bonds is 1. The molecule has 0 N–H and O–H groups in total. The number of aryl methyl sites for hydroxylation is 1. The van der Waals surface area contributed by atoms with Gasteiger partial charge in [-0.05, 0) is 52.3 Å². The van der Waals surface area contributed by atoms with Gasteiger partial charge in [-0.2, -0.15) is 0 Å². The second kappa shape index (κ2) is 4.52. The van der Waals surface area contributed by atoms with E-state index in [4.69, 9.17) is 9.31 Å². The fourth-order valence-electron chi connectivity index (χ4n) is 2.58. The van der Waals surface area contributed by atoms with Crippen LogP contribution in [-0.2, 0) is 9.31 Å². The Kier molecular flexibility index (Phi) is 3.12. The number of halogens is 1. The molecule has 1 aliphatic heterocycles. The van der Waals surface area contributed by atoms with Gasteiger partial charge >= 0.3 is 7.12 Å². The van der Waals surface area contributed by atoms with Crippen molar-refractivity contribution in [1.29, 1.82) is 0 Å². The van der Waals surface area contributed by atoms with E-state index in [1.807, 2.05) is 46.8 Å². The van der Waals surface area contributed by atoms with Gasteiger partial charge in [-0.25, -0.2) is 4.39 Å². The maximum Gasteiger partial charge on any atom is 0.500 e. The Morgan fingerprint density at radius 3 is 2.38 bits per heavy atom. The molecule has 110 valence electrons. The van der Waals surface area contributed by atoms with E-state index in [2.05, 4.69) is 4.98 Å². The van der Waals surface area contributed by atoms with E-state index in [9.17, 15) is 4.39 Å². The first-order chi connectivity index (χ1) is 9.73. The van der Waals surface area contributed by atoms with Crippen LogP contribution < -0.4 is 5.46 Å². The van der Waals surface area contributed by atoms with Gasteiger partial charge < -0.3 is 9.31 Å². The van der Waals surface area contributed by atoms with Gasteiger partial charge in [0.15, 0.2) is 0 Å². The summed E-state index contributed by atoms with van der Waals surface area (Å²) in [5.41, 5.74) is 0.839. The first-order valence-corrected chi connectivity index (χ1v) is 7.12. The molecule has 1 aliphatic rings. The predicted molar refractivity (Wildman–Crippen MR) is 82.2 cm³/mol. The molecule has 1 aromatic carbocycles. The van der Waals surface area contributed by atoms with Crippen LogP contribution in [0.2, 0.25) is 0 Å². The Bertz CT molecular complexity index is 699. The van der Waals surface area contributed by atoms with Gasteiger partial charge in [0.25, 0.3) is 0 Å². The van der Waals surface area contributed by atoms with E-state index in [1.54, 1.807) is 6.20 Å². The zero-order valence-corrected chi connectivity index (χ0v) is 13.0. The lowest BCUT2D eigenvalue weighted by Crippen LogP contribution is -2.41. The Labute approximate surface area is 124 Å². The minimum absolute atomic E-state index is 0.336. The van der Waals surface area contributed by atoms with Crippen LogP contribution in [-0.4, -0.2) is 23.3 Å². The fraction of sp³-hybridized carbons (Fsp3) is 0.438. The van der Waals surface area contributed by atoms with Crippen LogP contribution in [0.25, 0.3) is 10.9 Å². The van der Waals surface area contributed by atoms with E-state index in [1.165, 1.54) is 6.07 Å². The highest BCUT2D eigenvalue weighted by atomic mass is 19.1. The van der Waals surface area contributed by atoms with Crippen molar-refractivity contribution >= 4 is 23.5 Å². The van der Waals surface area contributed by atoms with Crippen LogP contribution in [0, 0.1) is 12.7 Å². The second-order valence-corrected chi connectivity index (χ2v) is 6.58. The van der Waals surface area contributed by atoms with E-state index in [0.29, 0.717) is 11.0 Å². The first kappa shape index (κ1) is 14.5. The molecular formula is C16H19BFNO2. The lowest BCUT2D eigenvalue weighted by Gasteiger charge is -2.32. The third-order valence-electron chi connectivity index (χ3n) is 4.58. The third kappa shape index (κ3) is 2.15. The summed E-state index contributed by atoms with van der Waals surface area (Å²) in [5.74, 6) is -0.336. The molecule has 0 atom stereocenters. The van der Waals surface area contributed by atoms with Crippen LogP contribution in [0.4, 0.5) is 4.39 Å². The molecule has 0 unspecified atom stereocenters. The van der Waals surface area contributed by atoms with Crippen LogP contribution in [0.1, 0.15) is 33.3 Å². The zero-order valence-electron chi connectivity index (χ0n) is 13.0. The molecule has 3 rings (SSSR count). The molecule has 1 aromatic heterocycles. The van der Waals surface area contributed by atoms with E-state index < -0.39 is 18.3 Å². The molecule has 5 heteroatoms. The number of fused-ring (bicyclic) bond motifs is 1. The molecule has 0 radical (unpaired) electrons. The Balaban J connectivity index is 2.19. The Hall–Kier alpha value is -1.46. The molecule has 0 saturated carbocycles. The topological polar surface area (TPSA) is 31.4 Å². The van der Waals surface area contributed by atoms with Crippen molar-refractivity contribution in [3.05, 3.63) is 35.8 Å². The van der Waals surface area contributed by atoms with Crippen LogP contribution in [0.3, 0.4) is 0 Å². The van der Waals surface area contributed by atoms with Crippen LogP contribution in [0.5, 0.6) is 0 Å². The molecule has 0 spiro atoms. The third-order valence-corrected chi connectivity index (χ3v) is 4.58. The molecule has 0 aliphatic carbocycles. The van der Waals surface area contributed by atoms with Gasteiger partial charge in [0.2, 0.25) is 0 Å². The average molecular weight is 287 g/mol. The molecule has 3 nitrogen and oxygen atoms in total. The van der Waals surface area contributed by atoms with Gasteiger partial charge in [-0.3, -0.25) is 4.98 Å². The summed E-state index contributed by atoms with van der Waals surface area (Å²) in [6.45, 7) is 9.69. The SMILES string of the molecule is Cc1cc(F)c(B2OC(C)(C)C(C)(C)O2)c2ncccc12. The number of hydrogen-bond donors (Lipinski definition) is 0. The Morgan fingerprint density at radius 1 is 1.14 bits per heavy atom. The highest BCUT2D eigenvalue weighted by molar-refractivity contribution is 6.65. The van der Waals surface area contributed by atoms with Gasteiger partial charge in [0, 0.05) is 17.0 Å². The Morgan fingerprint density at radius 2 is 1.76 bits per heavy atom. The number of hydrogen-bond acceptors (Lipinski definition) is 3. The molecule has 0 bridgehead atoms. The van der Waals surface area contributed by atoms with E-state index in [-0.39, 0.29) is 5.82 Å². The summed E-state index contributed by atoms with van der Waals surface area (Å²) in [6, 6.07) is 5.30. The molecule has 2 aromatic rings. The van der Waals surface area contributed by atoms with Crippen LogP contribution >= 0.6 is 0 Å². The summed E-state index contributed by atoms with van der Waals surface area (Å²) in [4.78, 5) is 4.34. The highest BCUT2D eigenvalue weighted by Gasteiger charge is 2.53. The number of nitrogens with zero attached hydrogens (tertiary/aromatic N) is 1. The summed E-state index contributed by atoms with van der Waals surface area (Å²) >= 11 is 0. The fourth-order valence-corrected chi connectivity index (χ4v) is 2.58. The lowest BCUT2D eigenvalue weighted by atomic mass is 9.76. The van der Waals surface area contributed by atoms with Crippen molar-refractivity contribution in [2.24, 2.45) is 0 Å². The van der Waals surface area contributed by atoms with Gasteiger partial charge in [-0.15, -0.1) is 0 Å². The summed E-state index contributed by atoms with van der Waals surface area (Å²) in [6.07, 6.45) is 1.66. The number of benzene rings is 1. The standard InChI is InChI=1S/C16H19BFNO2/c1-10-9-12(18)13(14-11(10)7-6-8-19-14)17-20-15(2,3)16(4,5)21-17/h6-9H,1-5H3. The molecule has 1 fully saturated rings. The molecule has 1 saturated heterocycles. The lowest BCUT2D eigenvalue weighted by molar-refractivity contribution is 0.00578. The largest absolute Gasteiger partial charge is 0.500 e. The number of aromatic nitrogens is 1. The van der Waals surface area contributed by atoms with Crippen molar-refractivity contribution in [1.82, 2.24) is 4.98 Å². The van der Waals surface area contributed by atoms with E-state index in [0.717, 1.165) is 10.9 Å². The first-order valence-electron chi connectivity index (χ1n) is 7.12. The van der Waals surface area contributed by atoms with Gasteiger partial charge in [0.1, 0.15) is 5.82 Å². The monoisotopic (exact) mass is 287 g/mol. The molecule has 21 heavy (non-hydrogen) atoms. The van der Waals surface area contributed by atoms with Gasteiger partial charge in [0.05, 0.1) is 16.7 Å².